The summed E-state index contributed by atoms with van der Waals surface area (Å²) in [6.07, 6.45) is 3.13. The second-order valence-corrected chi connectivity index (χ2v) is 4.36. The third-order valence-corrected chi connectivity index (χ3v) is 3.18. The summed E-state index contributed by atoms with van der Waals surface area (Å²) in [6.45, 7) is 1.49. The summed E-state index contributed by atoms with van der Waals surface area (Å²) in [5.41, 5.74) is 0.164. The van der Waals surface area contributed by atoms with Crippen molar-refractivity contribution in [1.82, 2.24) is 9.88 Å². The second kappa shape index (κ2) is 5.14. The van der Waals surface area contributed by atoms with Crippen LogP contribution in [0.25, 0.3) is 0 Å². The fourth-order valence-corrected chi connectivity index (χ4v) is 2.08. The summed E-state index contributed by atoms with van der Waals surface area (Å²) >= 11 is 0. The summed E-state index contributed by atoms with van der Waals surface area (Å²) in [6, 6.07) is 2.93. The van der Waals surface area contributed by atoms with Gasteiger partial charge in [0.25, 0.3) is 5.91 Å². The number of H-pyrrole nitrogens is 1. The SMILES string of the molecule is O=C(c1cc[nH]c(=O)c1)N1CCC(CO)CC1. The number of likely N-dealkylation sites (tertiary alicyclic amines) is 1. The summed E-state index contributed by atoms with van der Waals surface area (Å²) < 4.78 is 0. The zero-order chi connectivity index (χ0) is 12.3. The van der Waals surface area contributed by atoms with Crippen molar-refractivity contribution in [3.8, 4) is 0 Å². The standard InChI is InChI=1S/C12H16N2O3/c15-8-9-2-5-14(6-3-9)12(17)10-1-4-13-11(16)7-10/h1,4,7,9,15H,2-3,5-6,8H2,(H,13,16). The molecular formula is C12H16N2O3. The van der Waals surface area contributed by atoms with Crippen molar-refractivity contribution in [2.24, 2.45) is 5.92 Å². The van der Waals surface area contributed by atoms with Gasteiger partial charge in [-0.05, 0) is 24.8 Å². The highest BCUT2D eigenvalue weighted by molar-refractivity contribution is 5.94. The maximum absolute atomic E-state index is 12.1. The molecule has 5 heteroatoms. The Hall–Kier alpha value is -1.62. The Balaban J connectivity index is 2.04. The van der Waals surface area contributed by atoms with Crippen LogP contribution in [0.5, 0.6) is 0 Å². The normalized spacial score (nSPS) is 17.1. The number of hydrogen-bond acceptors (Lipinski definition) is 3. The second-order valence-electron chi connectivity index (χ2n) is 4.36. The number of hydrogen-bond donors (Lipinski definition) is 2. The Bertz CT molecular complexity index is 447. The van der Waals surface area contributed by atoms with E-state index in [1.165, 1.54) is 12.3 Å². The summed E-state index contributed by atoms with van der Waals surface area (Å²) in [4.78, 5) is 27.4. The summed E-state index contributed by atoms with van der Waals surface area (Å²) in [5, 5.41) is 9.02. The highest BCUT2D eigenvalue weighted by atomic mass is 16.3. The van der Waals surface area contributed by atoms with Crippen molar-refractivity contribution in [2.75, 3.05) is 19.7 Å². The van der Waals surface area contributed by atoms with Crippen molar-refractivity contribution in [1.29, 1.82) is 0 Å². The molecule has 2 heterocycles. The van der Waals surface area contributed by atoms with Gasteiger partial charge < -0.3 is 15.0 Å². The molecule has 92 valence electrons. The Labute approximate surface area is 99.1 Å². The van der Waals surface area contributed by atoms with Gasteiger partial charge in [0.15, 0.2) is 0 Å². The Morgan fingerprint density at radius 2 is 2.18 bits per heavy atom. The van der Waals surface area contributed by atoms with Crippen LogP contribution < -0.4 is 5.56 Å². The van der Waals surface area contributed by atoms with Crippen LogP contribution in [0, 0.1) is 5.92 Å². The molecule has 2 N–H and O–H groups in total. The lowest BCUT2D eigenvalue weighted by molar-refractivity contribution is 0.0650. The number of carbonyl (C=O) groups excluding carboxylic acids is 1. The van der Waals surface area contributed by atoms with Gasteiger partial charge in [0.2, 0.25) is 5.56 Å². The quantitative estimate of drug-likeness (QED) is 0.771. The number of carbonyl (C=O) groups is 1. The number of aromatic nitrogens is 1. The third-order valence-electron chi connectivity index (χ3n) is 3.18. The predicted octanol–water partition coefficient (Wildman–Crippen LogP) is 0.219. The monoisotopic (exact) mass is 236 g/mol. The molecule has 1 amide bonds. The molecule has 0 radical (unpaired) electrons. The van der Waals surface area contributed by atoms with Crippen molar-refractivity contribution >= 4 is 5.91 Å². The van der Waals surface area contributed by atoms with Crippen LogP contribution in [0.4, 0.5) is 0 Å². The Morgan fingerprint density at radius 1 is 1.47 bits per heavy atom. The van der Waals surface area contributed by atoms with Crippen LogP contribution in [-0.2, 0) is 0 Å². The van der Waals surface area contributed by atoms with Gasteiger partial charge in [-0.2, -0.15) is 0 Å². The van der Waals surface area contributed by atoms with E-state index in [0.29, 0.717) is 24.6 Å². The third kappa shape index (κ3) is 2.74. The van der Waals surface area contributed by atoms with E-state index in [4.69, 9.17) is 5.11 Å². The molecule has 1 aromatic heterocycles. The molecular weight excluding hydrogens is 220 g/mol. The molecule has 1 aliphatic heterocycles. The van der Waals surface area contributed by atoms with E-state index in [1.54, 1.807) is 11.0 Å². The average Bonchev–Trinajstić information content (AvgIpc) is 2.38. The van der Waals surface area contributed by atoms with Crippen LogP contribution in [0.3, 0.4) is 0 Å². The van der Waals surface area contributed by atoms with Gasteiger partial charge in [-0.3, -0.25) is 9.59 Å². The van der Waals surface area contributed by atoms with E-state index >= 15 is 0 Å². The van der Waals surface area contributed by atoms with Crippen LogP contribution in [0.15, 0.2) is 23.1 Å². The number of aliphatic hydroxyl groups is 1. The lowest BCUT2D eigenvalue weighted by Crippen LogP contribution is -2.39. The molecule has 5 nitrogen and oxygen atoms in total. The molecule has 0 unspecified atom stereocenters. The topological polar surface area (TPSA) is 73.4 Å². The number of aromatic amines is 1. The lowest BCUT2D eigenvalue weighted by atomic mass is 9.97. The number of nitrogens with one attached hydrogen (secondary N) is 1. The first-order chi connectivity index (χ1) is 8.20. The Morgan fingerprint density at radius 3 is 2.76 bits per heavy atom. The Kier molecular flexibility index (Phi) is 3.58. The van der Waals surface area contributed by atoms with Crippen molar-refractivity contribution in [2.45, 2.75) is 12.8 Å². The minimum Gasteiger partial charge on any atom is -0.396 e. The number of aliphatic hydroxyl groups excluding tert-OH is 1. The number of amides is 1. The first kappa shape index (κ1) is 11.9. The fraction of sp³-hybridized carbons (Fsp3) is 0.500. The van der Waals surface area contributed by atoms with Crippen molar-refractivity contribution in [3.05, 3.63) is 34.2 Å². The van der Waals surface area contributed by atoms with E-state index in [9.17, 15) is 9.59 Å². The highest BCUT2D eigenvalue weighted by Crippen LogP contribution is 2.17. The number of pyridine rings is 1. The fourth-order valence-electron chi connectivity index (χ4n) is 2.08. The molecule has 0 spiro atoms. The molecule has 1 aliphatic rings. The molecule has 1 saturated heterocycles. The van der Waals surface area contributed by atoms with Gasteiger partial charge in [-0.15, -0.1) is 0 Å². The van der Waals surface area contributed by atoms with E-state index in [1.807, 2.05) is 0 Å². The number of rotatable bonds is 2. The predicted molar refractivity (Wildman–Crippen MR) is 62.8 cm³/mol. The number of piperidine rings is 1. The van der Waals surface area contributed by atoms with E-state index in [2.05, 4.69) is 4.98 Å². The molecule has 1 aromatic rings. The maximum Gasteiger partial charge on any atom is 0.254 e. The van der Waals surface area contributed by atoms with Crippen LogP contribution >= 0.6 is 0 Å². The smallest absolute Gasteiger partial charge is 0.254 e. The molecule has 0 aliphatic carbocycles. The molecule has 0 saturated carbocycles. The van der Waals surface area contributed by atoms with Gasteiger partial charge in [0.05, 0.1) is 0 Å². The average molecular weight is 236 g/mol. The lowest BCUT2D eigenvalue weighted by Gasteiger charge is -2.31. The summed E-state index contributed by atoms with van der Waals surface area (Å²) in [5.74, 6) is 0.200. The highest BCUT2D eigenvalue weighted by Gasteiger charge is 2.23. The van der Waals surface area contributed by atoms with Gasteiger partial charge in [0, 0.05) is 37.5 Å². The molecule has 0 aromatic carbocycles. The summed E-state index contributed by atoms with van der Waals surface area (Å²) in [7, 11) is 0. The van der Waals surface area contributed by atoms with Crippen molar-refractivity contribution in [3.63, 3.8) is 0 Å². The first-order valence-corrected chi connectivity index (χ1v) is 5.79. The largest absolute Gasteiger partial charge is 0.396 e. The van der Waals surface area contributed by atoms with Crippen LogP contribution in [-0.4, -0.2) is 40.6 Å². The molecule has 1 fully saturated rings. The zero-order valence-electron chi connectivity index (χ0n) is 9.56. The zero-order valence-corrected chi connectivity index (χ0v) is 9.56. The van der Waals surface area contributed by atoms with E-state index in [0.717, 1.165) is 12.8 Å². The molecule has 0 bridgehead atoms. The van der Waals surface area contributed by atoms with Gasteiger partial charge in [-0.1, -0.05) is 0 Å². The van der Waals surface area contributed by atoms with Gasteiger partial charge in [-0.25, -0.2) is 0 Å². The minimum atomic E-state index is -0.263. The van der Waals surface area contributed by atoms with Crippen molar-refractivity contribution < 1.29 is 9.90 Å². The maximum atomic E-state index is 12.1. The molecule has 2 rings (SSSR count). The first-order valence-electron chi connectivity index (χ1n) is 5.79. The minimum absolute atomic E-state index is 0.104. The molecule has 17 heavy (non-hydrogen) atoms. The van der Waals surface area contributed by atoms with E-state index < -0.39 is 0 Å². The molecule has 0 atom stereocenters. The van der Waals surface area contributed by atoms with E-state index in [-0.39, 0.29) is 18.1 Å². The van der Waals surface area contributed by atoms with Crippen LogP contribution in [0.2, 0.25) is 0 Å². The van der Waals surface area contributed by atoms with Crippen LogP contribution in [0.1, 0.15) is 23.2 Å². The number of nitrogens with zero attached hydrogens (tertiary/aromatic N) is 1. The van der Waals surface area contributed by atoms with Gasteiger partial charge in [0.1, 0.15) is 0 Å². The van der Waals surface area contributed by atoms with Gasteiger partial charge >= 0.3 is 0 Å².